The fourth-order valence-electron chi connectivity index (χ4n) is 3.11. The van der Waals surface area contributed by atoms with Crippen LogP contribution in [0.1, 0.15) is 38.8 Å². The highest BCUT2D eigenvalue weighted by Crippen LogP contribution is 2.31. The molecule has 110 valence electrons. The van der Waals surface area contributed by atoms with Crippen LogP contribution in [0.3, 0.4) is 0 Å². The second-order valence-corrected chi connectivity index (χ2v) is 6.00. The van der Waals surface area contributed by atoms with Crippen LogP contribution in [0.2, 0.25) is 0 Å². The van der Waals surface area contributed by atoms with E-state index in [1.54, 1.807) is 0 Å². The summed E-state index contributed by atoms with van der Waals surface area (Å²) in [7, 11) is 0. The van der Waals surface area contributed by atoms with Crippen molar-refractivity contribution in [2.24, 2.45) is 0 Å². The molecule has 0 aromatic carbocycles. The van der Waals surface area contributed by atoms with Gasteiger partial charge in [-0.15, -0.1) is 0 Å². The molecule has 0 spiro atoms. The van der Waals surface area contributed by atoms with Crippen LogP contribution in [0.4, 0.5) is 5.82 Å². The number of nitrogens with one attached hydrogen (secondary N) is 1. The number of morpholine rings is 1. The normalized spacial score (nSPS) is 26.1. The molecule has 1 saturated carbocycles. The van der Waals surface area contributed by atoms with Crippen molar-refractivity contribution in [2.75, 3.05) is 18.1 Å². The van der Waals surface area contributed by atoms with Crippen LogP contribution in [0.5, 0.6) is 0 Å². The topological polar surface area (TPSA) is 50.3 Å². The lowest BCUT2D eigenvalue weighted by atomic mass is 10.1. The first-order valence-electron chi connectivity index (χ1n) is 7.66. The Morgan fingerprint density at radius 2 is 2.25 bits per heavy atom. The van der Waals surface area contributed by atoms with E-state index >= 15 is 0 Å². The Kier molecular flexibility index (Phi) is 4.17. The standard InChI is InChI=1S/C15H24N4O/c1-11(2)16-8-12-9-18-15(10-17-12)19-6-7-20-14-5-3-4-13(14)19/h9-11,13-14,16H,3-8H2,1-2H3. The first kappa shape index (κ1) is 13.8. The van der Waals surface area contributed by atoms with E-state index in [4.69, 9.17) is 4.74 Å². The van der Waals surface area contributed by atoms with Gasteiger partial charge in [0.2, 0.25) is 0 Å². The highest BCUT2D eigenvalue weighted by molar-refractivity contribution is 5.39. The number of hydrogen-bond acceptors (Lipinski definition) is 5. The van der Waals surface area contributed by atoms with Gasteiger partial charge in [0.15, 0.2) is 0 Å². The maximum Gasteiger partial charge on any atom is 0.147 e. The van der Waals surface area contributed by atoms with Gasteiger partial charge in [0.25, 0.3) is 0 Å². The van der Waals surface area contributed by atoms with E-state index in [0.717, 1.165) is 31.2 Å². The Balaban J connectivity index is 1.67. The SMILES string of the molecule is CC(C)NCc1cnc(N2CCOC3CCCC32)cn1. The maximum absolute atomic E-state index is 5.84. The average molecular weight is 276 g/mol. The minimum atomic E-state index is 0.396. The van der Waals surface area contributed by atoms with Crippen LogP contribution in [-0.4, -0.2) is 41.3 Å². The average Bonchev–Trinajstić information content (AvgIpc) is 2.94. The quantitative estimate of drug-likeness (QED) is 0.907. The molecular formula is C15H24N4O. The van der Waals surface area contributed by atoms with Gasteiger partial charge >= 0.3 is 0 Å². The van der Waals surface area contributed by atoms with Gasteiger partial charge in [0.1, 0.15) is 5.82 Å². The monoisotopic (exact) mass is 276 g/mol. The molecule has 0 bridgehead atoms. The summed E-state index contributed by atoms with van der Waals surface area (Å²) in [5.41, 5.74) is 0.999. The van der Waals surface area contributed by atoms with Gasteiger partial charge in [0, 0.05) is 19.1 Å². The van der Waals surface area contributed by atoms with Gasteiger partial charge in [-0.25, -0.2) is 4.98 Å². The molecule has 0 radical (unpaired) electrons. The van der Waals surface area contributed by atoms with Gasteiger partial charge in [-0.2, -0.15) is 0 Å². The zero-order valence-corrected chi connectivity index (χ0v) is 12.4. The smallest absolute Gasteiger partial charge is 0.147 e. The van der Waals surface area contributed by atoms with Crippen LogP contribution in [0, 0.1) is 0 Å². The lowest BCUT2D eigenvalue weighted by Gasteiger charge is -2.38. The number of rotatable bonds is 4. The zero-order valence-electron chi connectivity index (χ0n) is 12.4. The highest BCUT2D eigenvalue weighted by atomic mass is 16.5. The van der Waals surface area contributed by atoms with Crippen molar-refractivity contribution in [2.45, 2.75) is 57.8 Å². The molecule has 2 heterocycles. The molecule has 1 N–H and O–H groups in total. The van der Waals surface area contributed by atoms with Crippen molar-refractivity contribution in [1.82, 2.24) is 15.3 Å². The third-order valence-corrected chi connectivity index (χ3v) is 4.16. The number of aromatic nitrogens is 2. The predicted molar refractivity (Wildman–Crippen MR) is 78.7 cm³/mol. The number of nitrogens with zero attached hydrogens (tertiary/aromatic N) is 3. The van der Waals surface area contributed by atoms with Crippen molar-refractivity contribution >= 4 is 5.82 Å². The molecule has 1 aliphatic carbocycles. The van der Waals surface area contributed by atoms with Crippen LogP contribution in [0.15, 0.2) is 12.4 Å². The zero-order chi connectivity index (χ0) is 13.9. The van der Waals surface area contributed by atoms with Crippen molar-refractivity contribution < 1.29 is 4.74 Å². The van der Waals surface area contributed by atoms with E-state index in [0.29, 0.717) is 18.2 Å². The molecule has 1 saturated heterocycles. The van der Waals surface area contributed by atoms with Gasteiger partial charge < -0.3 is 15.0 Å². The summed E-state index contributed by atoms with van der Waals surface area (Å²) in [4.78, 5) is 11.5. The largest absolute Gasteiger partial charge is 0.374 e. The van der Waals surface area contributed by atoms with Crippen LogP contribution in [0.25, 0.3) is 0 Å². The minimum absolute atomic E-state index is 0.396. The van der Waals surface area contributed by atoms with E-state index in [-0.39, 0.29) is 0 Å². The first-order valence-corrected chi connectivity index (χ1v) is 7.66. The minimum Gasteiger partial charge on any atom is -0.374 e. The second kappa shape index (κ2) is 6.06. The Morgan fingerprint density at radius 3 is 3.00 bits per heavy atom. The number of fused-ring (bicyclic) bond motifs is 1. The van der Waals surface area contributed by atoms with E-state index < -0.39 is 0 Å². The number of hydrogen-bond donors (Lipinski definition) is 1. The fraction of sp³-hybridized carbons (Fsp3) is 0.733. The summed E-state index contributed by atoms with van der Waals surface area (Å²) in [5, 5.41) is 3.36. The van der Waals surface area contributed by atoms with Crippen molar-refractivity contribution in [3.8, 4) is 0 Å². The van der Waals surface area contributed by atoms with Crippen LogP contribution >= 0.6 is 0 Å². The summed E-state index contributed by atoms with van der Waals surface area (Å²) in [6, 6.07) is 0.965. The molecule has 0 amide bonds. The second-order valence-electron chi connectivity index (χ2n) is 6.00. The molecule has 5 nitrogen and oxygen atoms in total. The Morgan fingerprint density at radius 1 is 1.35 bits per heavy atom. The highest BCUT2D eigenvalue weighted by Gasteiger charge is 2.36. The molecule has 20 heavy (non-hydrogen) atoms. The Hall–Kier alpha value is -1.20. The van der Waals surface area contributed by atoms with Gasteiger partial charge in [-0.3, -0.25) is 4.98 Å². The van der Waals surface area contributed by atoms with E-state index in [9.17, 15) is 0 Å². The fourth-order valence-corrected chi connectivity index (χ4v) is 3.11. The van der Waals surface area contributed by atoms with Crippen LogP contribution in [-0.2, 0) is 11.3 Å². The van der Waals surface area contributed by atoms with Crippen LogP contribution < -0.4 is 10.2 Å². The summed E-state index contributed by atoms with van der Waals surface area (Å²) >= 11 is 0. The van der Waals surface area contributed by atoms with E-state index in [1.165, 1.54) is 19.3 Å². The van der Waals surface area contributed by atoms with Gasteiger partial charge in [-0.05, 0) is 19.3 Å². The molecule has 1 aromatic heterocycles. The lowest BCUT2D eigenvalue weighted by Crippen LogP contribution is -2.49. The molecule has 2 aliphatic rings. The maximum atomic E-state index is 5.84. The molecule has 1 aliphatic heterocycles. The Labute approximate surface area is 120 Å². The summed E-state index contributed by atoms with van der Waals surface area (Å²) in [6.45, 7) is 6.78. The molecule has 3 rings (SSSR count). The van der Waals surface area contributed by atoms with Crippen molar-refractivity contribution in [1.29, 1.82) is 0 Å². The predicted octanol–water partition coefficient (Wildman–Crippen LogP) is 1.73. The molecule has 2 atom stereocenters. The first-order chi connectivity index (χ1) is 9.74. The summed E-state index contributed by atoms with van der Waals surface area (Å²) in [6.07, 6.45) is 7.86. The lowest BCUT2D eigenvalue weighted by molar-refractivity contribution is 0.0253. The summed E-state index contributed by atoms with van der Waals surface area (Å²) in [5.74, 6) is 0.999. The summed E-state index contributed by atoms with van der Waals surface area (Å²) < 4.78 is 5.84. The Bertz CT molecular complexity index is 434. The van der Waals surface area contributed by atoms with E-state index in [2.05, 4.69) is 34.0 Å². The third kappa shape index (κ3) is 2.94. The molecule has 1 aromatic rings. The van der Waals surface area contributed by atoms with Crippen molar-refractivity contribution in [3.05, 3.63) is 18.1 Å². The number of anilines is 1. The third-order valence-electron chi connectivity index (χ3n) is 4.16. The molecule has 2 unspecified atom stereocenters. The van der Waals surface area contributed by atoms with Gasteiger partial charge in [0.05, 0.1) is 36.8 Å². The molecular weight excluding hydrogens is 252 g/mol. The molecule has 5 heteroatoms. The van der Waals surface area contributed by atoms with E-state index in [1.807, 2.05) is 12.4 Å². The van der Waals surface area contributed by atoms with Crippen molar-refractivity contribution in [3.63, 3.8) is 0 Å². The number of ether oxygens (including phenoxy) is 1. The van der Waals surface area contributed by atoms with Gasteiger partial charge in [-0.1, -0.05) is 13.8 Å². The molecule has 2 fully saturated rings.